The van der Waals surface area contributed by atoms with Gasteiger partial charge in [-0.1, -0.05) is 30.3 Å². The Morgan fingerprint density at radius 1 is 1.14 bits per heavy atom. The average molecular weight is 425 g/mol. The molecular formula is C20H26Cl2N4O2. The Balaban J connectivity index is 0.00000196. The molecule has 3 rings (SSSR count). The van der Waals surface area contributed by atoms with E-state index in [0.717, 1.165) is 31.5 Å². The number of nitrogens with zero attached hydrogens (tertiary/aromatic N) is 1. The third-order valence-electron chi connectivity index (χ3n) is 4.47. The van der Waals surface area contributed by atoms with Gasteiger partial charge in [-0.15, -0.1) is 24.8 Å². The van der Waals surface area contributed by atoms with Gasteiger partial charge in [-0.05, 0) is 37.1 Å². The molecule has 2 unspecified atom stereocenters. The van der Waals surface area contributed by atoms with Crippen LogP contribution in [0, 0.1) is 0 Å². The minimum atomic E-state index is -0.632. The molecule has 28 heavy (non-hydrogen) atoms. The number of nitrogens with one attached hydrogen (secondary N) is 3. The molecule has 0 aliphatic carbocycles. The zero-order valence-corrected chi connectivity index (χ0v) is 17.1. The number of aromatic nitrogens is 1. The van der Waals surface area contributed by atoms with Crippen LogP contribution >= 0.6 is 24.8 Å². The maximum Gasteiger partial charge on any atom is 0.253 e. The molecule has 2 amide bonds. The van der Waals surface area contributed by atoms with Gasteiger partial charge in [0.15, 0.2) is 0 Å². The highest BCUT2D eigenvalue weighted by atomic mass is 35.5. The van der Waals surface area contributed by atoms with Crippen LogP contribution in [0.3, 0.4) is 0 Å². The predicted molar refractivity (Wildman–Crippen MR) is 114 cm³/mol. The Kier molecular flexibility index (Phi) is 10.5. The number of benzene rings is 1. The van der Waals surface area contributed by atoms with Crippen molar-refractivity contribution in [3.8, 4) is 0 Å². The smallest absolute Gasteiger partial charge is 0.253 e. The summed E-state index contributed by atoms with van der Waals surface area (Å²) < 4.78 is 0. The summed E-state index contributed by atoms with van der Waals surface area (Å²) in [7, 11) is 0. The van der Waals surface area contributed by atoms with Crippen LogP contribution in [0.1, 0.15) is 28.8 Å². The Labute approximate surface area is 177 Å². The van der Waals surface area contributed by atoms with Crippen LogP contribution in [0.2, 0.25) is 0 Å². The molecule has 1 aromatic heterocycles. The quantitative estimate of drug-likeness (QED) is 0.662. The second-order valence-electron chi connectivity index (χ2n) is 6.51. The lowest BCUT2D eigenvalue weighted by Crippen LogP contribution is -2.53. The van der Waals surface area contributed by atoms with Gasteiger partial charge in [0.05, 0.1) is 5.56 Å². The molecule has 1 fully saturated rings. The van der Waals surface area contributed by atoms with Gasteiger partial charge in [0, 0.05) is 31.4 Å². The van der Waals surface area contributed by atoms with Gasteiger partial charge < -0.3 is 16.0 Å². The number of halogens is 2. The van der Waals surface area contributed by atoms with Crippen molar-refractivity contribution >= 4 is 36.6 Å². The van der Waals surface area contributed by atoms with E-state index in [1.807, 2.05) is 30.3 Å². The monoisotopic (exact) mass is 424 g/mol. The van der Waals surface area contributed by atoms with Gasteiger partial charge in [-0.25, -0.2) is 0 Å². The van der Waals surface area contributed by atoms with Crippen molar-refractivity contribution in [2.24, 2.45) is 0 Å². The van der Waals surface area contributed by atoms with Crippen molar-refractivity contribution in [3.05, 3.63) is 66.0 Å². The summed E-state index contributed by atoms with van der Waals surface area (Å²) in [5, 5.41) is 9.21. The fraction of sp³-hybridized carbons (Fsp3) is 0.350. The Morgan fingerprint density at radius 3 is 2.57 bits per heavy atom. The van der Waals surface area contributed by atoms with Crippen LogP contribution < -0.4 is 16.0 Å². The maximum atomic E-state index is 12.8. The lowest BCUT2D eigenvalue weighted by Gasteiger charge is -2.26. The van der Waals surface area contributed by atoms with Crippen molar-refractivity contribution in [2.75, 3.05) is 13.1 Å². The minimum absolute atomic E-state index is 0. The number of amides is 2. The first kappa shape index (κ1) is 23.9. The Bertz CT molecular complexity index is 726. The van der Waals surface area contributed by atoms with E-state index in [-0.39, 0.29) is 42.7 Å². The Morgan fingerprint density at radius 2 is 1.93 bits per heavy atom. The summed E-state index contributed by atoms with van der Waals surface area (Å²) in [6, 6.07) is 12.6. The number of hydrogen-bond donors (Lipinski definition) is 3. The van der Waals surface area contributed by atoms with Gasteiger partial charge in [0.2, 0.25) is 5.91 Å². The first-order valence-electron chi connectivity index (χ1n) is 8.98. The molecular weight excluding hydrogens is 399 g/mol. The van der Waals surface area contributed by atoms with Gasteiger partial charge >= 0.3 is 0 Å². The van der Waals surface area contributed by atoms with Gasteiger partial charge in [0.1, 0.15) is 6.04 Å². The van der Waals surface area contributed by atoms with Crippen molar-refractivity contribution in [1.29, 1.82) is 0 Å². The second kappa shape index (κ2) is 12.3. The summed E-state index contributed by atoms with van der Waals surface area (Å²) in [4.78, 5) is 29.3. The highest BCUT2D eigenvalue weighted by molar-refractivity contribution is 5.97. The molecule has 2 atom stereocenters. The van der Waals surface area contributed by atoms with E-state index >= 15 is 0 Å². The second-order valence-corrected chi connectivity index (χ2v) is 6.51. The number of piperidine rings is 1. The molecule has 3 N–H and O–H groups in total. The van der Waals surface area contributed by atoms with Crippen LogP contribution in [-0.2, 0) is 11.2 Å². The number of carbonyl (C=O) groups is 2. The van der Waals surface area contributed by atoms with Crippen LogP contribution in [0.5, 0.6) is 0 Å². The van der Waals surface area contributed by atoms with E-state index in [1.165, 1.54) is 6.20 Å². The third kappa shape index (κ3) is 7.11. The zero-order valence-electron chi connectivity index (χ0n) is 15.5. The lowest BCUT2D eigenvalue weighted by molar-refractivity contribution is -0.123. The third-order valence-corrected chi connectivity index (χ3v) is 4.47. The molecule has 6 nitrogen and oxygen atoms in total. The largest absolute Gasteiger partial charge is 0.350 e. The van der Waals surface area contributed by atoms with Crippen molar-refractivity contribution in [2.45, 2.75) is 31.3 Å². The maximum absolute atomic E-state index is 12.8. The van der Waals surface area contributed by atoms with Gasteiger partial charge in [-0.2, -0.15) is 0 Å². The van der Waals surface area contributed by atoms with Crippen LogP contribution in [0.4, 0.5) is 0 Å². The van der Waals surface area contributed by atoms with Crippen molar-refractivity contribution in [3.63, 3.8) is 0 Å². The summed E-state index contributed by atoms with van der Waals surface area (Å²) in [6.07, 6.45) is 5.54. The molecule has 2 heterocycles. The fourth-order valence-electron chi connectivity index (χ4n) is 3.07. The van der Waals surface area contributed by atoms with E-state index in [1.54, 1.807) is 18.3 Å². The molecule has 1 aliphatic heterocycles. The predicted octanol–water partition coefficient (Wildman–Crippen LogP) is 2.13. The molecule has 0 radical (unpaired) electrons. The normalized spacial score (nSPS) is 16.6. The summed E-state index contributed by atoms with van der Waals surface area (Å²) in [6.45, 7) is 1.75. The van der Waals surface area contributed by atoms with Crippen LogP contribution in [-0.4, -0.2) is 42.0 Å². The van der Waals surface area contributed by atoms with Crippen LogP contribution in [0.25, 0.3) is 0 Å². The number of pyridine rings is 1. The van der Waals surface area contributed by atoms with E-state index in [0.29, 0.717) is 12.0 Å². The van der Waals surface area contributed by atoms with Crippen molar-refractivity contribution in [1.82, 2.24) is 20.9 Å². The number of hydrogen-bond acceptors (Lipinski definition) is 4. The van der Waals surface area contributed by atoms with E-state index in [9.17, 15) is 9.59 Å². The first-order valence-corrected chi connectivity index (χ1v) is 8.98. The molecule has 8 heteroatoms. The van der Waals surface area contributed by atoms with E-state index in [4.69, 9.17) is 0 Å². The van der Waals surface area contributed by atoms with Gasteiger partial charge in [-0.3, -0.25) is 14.6 Å². The minimum Gasteiger partial charge on any atom is -0.350 e. The molecule has 2 aromatic rings. The molecule has 1 saturated heterocycles. The highest BCUT2D eigenvalue weighted by Gasteiger charge is 2.25. The number of rotatable bonds is 6. The molecule has 0 spiro atoms. The molecule has 0 bridgehead atoms. The number of carbonyl (C=O) groups excluding carboxylic acids is 2. The Hall–Kier alpha value is -2.15. The van der Waals surface area contributed by atoms with Crippen molar-refractivity contribution < 1.29 is 9.59 Å². The van der Waals surface area contributed by atoms with Crippen LogP contribution in [0.15, 0.2) is 54.9 Å². The SMILES string of the molecule is Cl.Cl.O=C(NC(Cc1ccccc1)C(=O)NC1CCCNC1)c1cccnc1. The zero-order chi connectivity index (χ0) is 18.2. The van der Waals surface area contributed by atoms with E-state index < -0.39 is 6.04 Å². The average Bonchev–Trinajstić information content (AvgIpc) is 2.69. The summed E-state index contributed by atoms with van der Waals surface area (Å²) >= 11 is 0. The fourth-order valence-corrected chi connectivity index (χ4v) is 3.07. The van der Waals surface area contributed by atoms with E-state index in [2.05, 4.69) is 20.9 Å². The molecule has 1 aromatic carbocycles. The highest BCUT2D eigenvalue weighted by Crippen LogP contribution is 2.07. The summed E-state index contributed by atoms with van der Waals surface area (Å²) in [5.41, 5.74) is 1.44. The molecule has 152 valence electrons. The topological polar surface area (TPSA) is 83.1 Å². The molecule has 0 saturated carbocycles. The van der Waals surface area contributed by atoms with Gasteiger partial charge in [0.25, 0.3) is 5.91 Å². The lowest BCUT2D eigenvalue weighted by atomic mass is 10.0. The summed E-state index contributed by atoms with van der Waals surface area (Å²) in [5.74, 6) is -0.448. The first-order chi connectivity index (χ1) is 12.7. The standard InChI is InChI=1S/C20H24N4O2.2ClH/c25-19(16-8-4-10-21-13-16)24-18(12-15-6-2-1-3-7-15)20(26)23-17-9-5-11-22-14-17;;/h1-4,6-8,10,13,17-18,22H,5,9,11-12,14H2,(H,23,26)(H,24,25);2*1H. The molecule has 1 aliphatic rings.